The first-order valence-electron chi connectivity index (χ1n) is 6.10. The smallest absolute Gasteiger partial charge is 0.340 e. The predicted octanol–water partition coefficient (Wildman–Crippen LogP) is 0.596. The summed E-state index contributed by atoms with van der Waals surface area (Å²) in [5, 5.41) is 2.37. The normalized spacial score (nSPS) is 11.8. The molecule has 0 aliphatic heterocycles. The van der Waals surface area contributed by atoms with Crippen molar-refractivity contribution in [2.24, 2.45) is 5.92 Å². The second kappa shape index (κ2) is 9.66. The van der Waals surface area contributed by atoms with E-state index in [0.29, 0.717) is 5.75 Å². The average molecular weight is 291 g/mol. The van der Waals surface area contributed by atoms with Gasteiger partial charge in [0.2, 0.25) is 11.9 Å². The molecule has 1 N–H and O–H groups in total. The zero-order chi connectivity index (χ0) is 14.8. The highest BCUT2D eigenvalue weighted by molar-refractivity contribution is 7.98. The van der Waals surface area contributed by atoms with Crippen LogP contribution in [0.25, 0.3) is 0 Å². The van der Waals surface area contributed by atoms with Gasteiger partial charge in [-0.3, -0.25) is 4.79 Å². The van der Waals surface area contributed by atoms with Crippen molar-refractivity contribution in [1.29, 1.82) is 0 Å². The average Bonchev–Trinajstić information content (AvgIpc) is 2.36. The third-order valence-corrected chi connectivity index (χ3v) is 3.03. The quantitative estimate of drug-likeness (QED) is 0.521. The van der Waals surface area contributed by atoms with Gasteiger partial charge in [0.05, 0.1) is 13.2 Å². The molecule has 0 aromatic carbocycles. The van der Waals surface area contributed by atoms with E-state index in [1.54, 1.807) is 20.8 Å². The van der Waals surface area contributed by atoms with Crippen LogP contribution in [0.3, 0.4) is 0 Å². The summed E-state index contributed by atoms with van der Waals surface area (Å²) in [5.41, 5.74) is 0. The Morgan fingerprint density at radius 1 is 1.11 bits per heavy atom. The van der Waals surface area contributed by atoms with Crippen LogP contribution in [0, 0.1) is 5.92 Å². The zero-order valence-electron chi connectivity index (χ0n) is 11.7. The SMILES string of the molecule is CCOC(=O)C(NC(=O)C(C)CSC)C(=O)OCC. The largest absolute Gasteiger partial charge is 0.464 e. The topological polar surface area (TPSA) is 81.7 Å². The molecule has 0 aliphatic rings. The lowest BCUT2D eigenvalue weighted by molar-refractivity contribution is -0.159. The van der Waals surface area contributed by atoms with Crippen LogP contribution < -0.4 is 5.32 Å². The number of hydrogen-bond donors (Lipinski definition) is 1. The monoisotopic (exact) mass is 291 g/mol. The van der Waals surface area contributed by atoms with Crippen molar-refractivity contribution in [3.8, 4) is 0 Å². The molecule has 1 amide bonds. The minimum atomic E-state index is -1.39. The van der Waals surface area contributed by atoms with E-state index in [4.69, 9.17) is 9.47 Å². The maximum absolute atomic E-state index is 11.8. The molecule has 0 aromatic rings. The molecular weight excluding hydrogens is 270 g/mol. The number of ether oxygens (including phenoxy) is 2. The van der Waals surface area contributed by atoms with Gasteiger partial charge in [-0.2, -0.15) is 11.8 Å². The van der Waals surface area contributed by atoms with E-state index in [1.165, 1.54) is 11.8 Å². The van der Waals surface area contributed by atoms with Gasteiger partial charge in [-0.25, -0.2) is 9.59 Å². The van der Waals surface area contributed by atoms with Crippen molar-refractivity contribution in [3.05, 3.63) is 0 Å². The van der Waals surface area contributed by atoms with Gasteiger partial charge in [-0.1, -0.05) is 6.92 Å². The number of thioether (sulfide) groups is 1. The molecule has 7 heteroatoms. The van der Waals surface area contributed by atoms with E-state index in [2.05, 4.69) is 5.32 Å². The molecular formula is C12H21NO5S. The molecule has 0 rings (SSSR count). The Kier molecular flexibility index (Phi) is 9.03. The highest BCUT2D eigenvalue weighted by Gasteiger charge is 2.32. The van der Waals surface area contributed by atoms with Gasteiger partial charge in [0.15, 0.2) is 0 Å². The van der Waals surface area contributed by atoms with Gasteiger partial charge in [0.1, 0.15) is 0 Å². The van der Waals surface area contributed by atoms with Crippen LogP contribution in [-0.4, -0.2) is 49.1 Å². The molecule has 19 heavy (non-hydrogen) atoms. The summed E-state index contributed by atoms with van der Waals surface area (Å²) in [5.74, 6) is -1.68. The van der Waals surface area contributed by atoms with Gasteiger partial charge >= 0.3 is 11.9 Å². The maximum atomic E-state index is 11.8. The summed E-state index contributed by atoms with van der Waals surface area (Å²) in [6.45, 7) is 5.23. The maximum Gasteiger partial charge on any atom is 0.340 e. The molecule has 1 unspecified atom stereocenters. The van der Waals surface area contributed by atoms with Crippen LogP contribution in [0.2, 0.25) is 0 Å². The number of rotatable bonds is 8. The van der Waals surface area contributed by atoms with E-state index >= 15 is 0 Å². The van der Waals surface area contributed by atoms with Crippen molar-refractivity contribution < 1.29 is 23.9 Å². The summed E-state index contributed by atoms with van der Waals surface area (Å²) in [6.07, 6.45) is 1.87. The molecule has 0 fully saturated rings. The number of amides is 1. The molecule has 0 spiro atoms. The Morgan fingerprint density at radius 3 is 1.95 bits per heavy atom. The van der Waals surface area contributed by atoms with Crippen molar-refractivity contribution in [3.63, 3.8) is 0 Å². The summed E-state index contributed by atoms with van der Waals surface area (Å²) >= 11 is 1.51. The van der Waals surface area contributed by atoms with E-state index in [0.717, 1.165) is 0 Å². The summed E-state index contributed by atoms with van der Waals surface area (Å²) in [7, 11) is 0. The fourth-order valence-electron chi connectivity index (χ4n) is 1.28. The van der Waals surface area contributed by atoms with E-state index in [-0.39, 0.29) is 25.0 Å². The Balaban J connectivity index is 4.70. The molecule has 1 atom stereocenters. The Hall–Kier alpha value is -1.24. The first-order valence-corrected chi connectivity index (χ1v) is 7.49. The predicted molar refractivity (Wildman–Crippen MR) is 72.7 cm³/mol. The minimum Gasteiger partial charge on any atom is -0.464 e. The number of esters is 2. The summed E-state index contributed by atoms with van der Waals surface area (Å²) in [4.78, 5) is 35.1. The first-order chi connectivity index (χ1) is 8.97. The highest BCUT2D eigenvalue weighted by Crippen LogP contribution is 2.05. The molecule has 6 nitrogen and oxygen atoms in total. The lowest BCUT2D eigenvalue weighted by Gasteiger charge is -2.18. The van der Waals surface area contributed by atoms with Gasteiger partial charge in [-0.05, 0) is 20.1 Å². The van der Waals surface area contributed by atoms with Crippen molar-refractivity contribution in [1.82, 2.24) is 5.32 Å². The molecule has 0 aliphatic carbocycles. The molecule has 0 radical (unpaired) electrons. The van der Waals surface area contributed by atoms with E-state index in [9.17, 15) is 14.4 Å². The highest BCUT2D eigenvalue weighted by atomic mass is 32.2. The standard InChI is InChI=1S/C12H21NO5S/c1-5-17-11(15)9(12(16)18-6-2)13-10(14)8(3)7-19-4/h8-9H,5-7H2,1-4H3,(H,13,14). The molecule has 0 heterocycles. The second-order valence-electron chi connectivity index (χ2n) is 3.80. The van der Waals surface area contributed by atoms with Crippen LogP contribution in [0.4, 0.5) is 0 Å². The number of nitrogens with one attached hydrogen (secondary N) is 1. The summed E-state index contributed by atoms with van der Waals surface area (Å²) < 4.78 is 9.50. The number of carbonyl (C=O) groups excluding carboxylic acids is 3. The first kappa shape index (κ1) is 17.8. The van der Waals surface area contributed by atoms with Gasteiger partial charge in [0, 0.05) is 11.7 Å². The Labute approximate surface area is 117 Å². The van der Waals surface area contributed by atoms with Gasteiger partial charge < -0.3 is 14.8 Å². The number of carbonyl (C=O) groups is 3. The molecule has 0 saturated heterocycles. The van der Waals surface area contributed by atoms with Gasteiger partial charge in [-0.15, -0.1) is 0 Å². The van der Waals surface area contributed by atoms with Crippen LogP contribution in [0.15, 0.2) is 0 Å². The third kappa shape index (κ3) is 6.47. The fourth-order valence-corrected chi connectivity index (χ4v) is 1.93. The van der Waals surface area contributed by atoms with E-state index in [1.807, 2.05) is 6.26 Å². The molecule has 110 valence electrons. The lowest BCUT2D eigenvalue weighted by atomic mass is 10.2. The van der Waals surface area contributed by atoms with Gasteiger partial charge in [0.25, 0.3) is 0 Å². The van der Waals surface area contributed by atoms with Crippen molar-refractivity contribution in [2.75, 3.05) is 25.2 Å². The number of hydrogen-bond acceptors (Lipinski definition) is 6. The Morgan fingerprint density at radius 2 is 1.58 bits per heavy atom. The van der Waals surface area contributed by atoms with Crippen molar-refractivity contribution >= 4 is 29.6 Å². The second-order valence-corrected chi connectivity index (χ2v) is 4.71. The van der Waals surface area contributed by atoms with Crippen molar-refractivity contribution in [2.45, 2.75) is 26.8 Å². The lowest BCUT2D eigenvalue weighted by Crippen LogP contribution is -2.50. The van der Waals surface area contributed by atoms with E-state index < -0.39 is 18.0 Å². The summed E-state index contributed by atoms with van der Waals surface area (Å²) in [6, 6.07) is -1.39. The Bertz CT molecular complexity index is 303. The molecule has 0 saturated carbocycles. The van der Waals surface area contributed by atoms with Crippen LogP contribution in [-0.2, 0) is 23.9 Å². The molecule has 0 aromatic heterocycles. The minimum absolute atomic E-state index is 0.130. The third-order valence-electron chi connectivity index (χ3n) is 2.20. The van der Waals surface area contributed by atoms with Crippen LogP contribution in [0.5, 0.6) is 0 Å². The molecule has 0 bridgehead atoms. The zero-order valence-corrected chi connectivity index (χ0v) is 12.5. The fraction of sp³-hybridized carbons (Fsp3) is 0.750. The van der Waals surface area contributed by atoms with Crippen LogP contribution in [0.1, 0.15) is 20.8 Å². The van der Waals surface area contributed by atoms with Crippen LogP contribution >= 0.6 is 11.8 Å².